The van der Waals surface area contributed by atoms with Gasteiger partial charge < -0.3 is 9.64 Å². The van der Waals surface area contributed by atoms with Gasteiger partial charge in [0.1, 0.15) is 11.7 Å². The summed E-state index contributed by atoms with van der Waals surface area (Å²) >= 11 is 0. The molecule has 3 rings (SSSR count). The molecule has 2 aromatic rings. The lowest BCUT2D eigenvalue weighted by atomic mass is 10.1. The minimum absolute atomic E-state index is 0.0718. The van der Waals surface area contributed by atoms with E-state index in [4.69, 9.17) is 8.92 Å². The number of ether oxygens (including phenoxy) is 1. The molecule has 170 valence electrons. The van der Waals surface area contributed by atoms with Gasteiger partial charge in [0.25, 0.3) is 21.5 Å². The Morgan fingerprint density at radius 2 is 1.75 bits per heavy atom. The monoisotopic (exact) mass is 465 g/mol. The van der Waals surface area contributed by atoms with E-state index >= 15 is 0 Å². The van der Waals surface area contributed by atoms with Gasteiger partial charge in [0.05, 0.1) is 34.0 Å². The van der Waals surface area contributed by atoms with Crippen LogP contribution in [0, 0.1) is 27.2 Å². The summed E-state index contributed by atoms with van der Waals surface area (Å²) in [6.45, 7) is 1.60. The Labute approximate surface area is 182 Å². The van der Waals surface area contributed by atoms with Crippen molar-refractivity contribution >= 4 is 33.1 Å². The molecule has 0 aromatic heterocycles. The molecule has 13 heteroatoms. The summed E-state index contributed by atoms with van der Waals surface area (Å²) in [5.74, 6) is -0.753. The van der Waals surface area contributed by atoms with E-state index < -0.39 is 49.5 Å². The molecule has 1 fully saturated rings. The van der Waals surface area contributed by atoms with Gasteiger partial charge in [0.2, 0.25) is 0 Å². The highest BCUT2D eigenvalue weighted by Gasteiger charge is 2.43. The molecule has 0 radical (unpaired) electrons. The lowest BCUT2D eigenvalue weighted by molar-refractivity contribution is -0.393. The van der Waals surface area contributed by atoms with Crippen LogP contribution in [0.1, 0.15) is 12.0 Å². The van der Waals surface area contributed by atoms with Gasteiger partial charge >= 0.3 is 5.97 Å². The van der Waals surface area contributed by atoms with Crippen molar-refractivity contribution in [1.82, 2.24) is 0 Å². The molecule has 0 N–H and O–H groups in total. The number of hydrogen-bond acceptors (Lipinski definition) is 10. The van der Waals surface area contributed by atoms with Crippen LogP contribution in [0.5, 0.6) is 0 Å². The maximum atomic E-state index is 12.6. The normalized spacial score (nSPS) is 18.4. The molecule has 1 aliphatic heterocycles. The van der Waals surface area contributed by atoms with E-state index in [9.17, 15) is 33.4 Å². The molecule has 2 atom stereocenters. The first-order valence-electron chi connectivity index (χ1n) is 9.30. The van der Waals surface area contributed by atoms with Crippen LogP contribution in [-0.2, 0) is 23.8 Å². The number of carbonyl (C=O) groups excluding carboxylic acids is 1. The van der Waals surface area contributed by atoms with E-state index in [0.29, 0.717) is 0 Å². The Kier molecular flexibility index (Phi) is 6.41. The fourth-order valence-corrected chi connectivity index (χ4v) is 4.53. The summed E-state index contributed by atoms with van der Waals surface area (Å²) < 4.78 is 35.4. The number of nitro groups is 2. The van der Waals surface area contributed by atoms with Crippen molar-refractivity contribution in [3.8, 4) is 0 Å². The highest BCUT2D eigenvalue weighted by molar-refractivity contribution is 7.86. The van der Waals surface area contributed by atoms with Gasteiger partial charge in [-0.25, -0.2) is 4.79 Å². The van der Waals surface area contributed by atoms with E-state index in [1.54, 1.807) is 19.1 Å². The standard InChI is InChI=1S/C19H19N3O9S/c1-12-3-6-15(7-4-12)32(28,29)31-14-10-18(19(23)30-2)20(11-14)16-8-5-13(21(24)25)9-17(16)22(26)27/h3-9,14,18H,10-11H2,1-2H3/t14-,18+/m1/s1. The average molecular weight is 465 g/mol. The molecule has 1 saturated heterocycles. The van der Waals surface area contributed by atoms with Crippen molar-refractivity contribution < 1.29 is 32.0 Å². The highest BCUT2D eigenvalue weighted by Crippen LogP contribution is 2.37. The van der Waals surface area contributed by atoms with Gasteiger partial charge in [-0.2, -0.15) is 8.42 Å². The summed E-state index contributed by atoms with van der Waals surface area (Å²) in [7, 11) is -3.04. The molecule has 0 amide bonds. The Morgan fingerprint density at radius 1 is 1.09 bits per heavy atom. The third-order valence-corrected chi connectivity index (χ3v) is 6.36. The number of nitro benzene ring substituents is 2. The van der Waals surface area contributed by atoms with Crippen LogP contribution in [0.2, 0.25) is 0 Å². The summed E-state index contributed by atoms with van der Waals surface area (Å²) in [6, 6.07) is 7.88. The summed E-state index contributed by atoms with van der Waals surface area (Å²) in [6.07, 6.45) is -1.13. The molecule has 12 nitrogen and oxygen atoms in total. The van der Waals surface area contributed by atoms with Gasteiger partial charge in [-0.1, -0.05) is 17.7 Å². The van der Waals surface area contributed by atoms with Gasteiger partial charge in [0.15, 0.2) is 0 Å². The lowest BCUT2D eigenvalue weighted by Gasteiger charge is -2.24. The Balaban J connectivity index is 1.94. The van der Waals surface area contributed by atoms with Crippen molar-refractivity contribution in [2.75, 3.05) is 18.6 Å². The number of nitrogens with zero attached hydrogens (tertiary/aromatic N) is 3. The molecule has 1 aliphatic rings. The van der Waals surface area contributed by atoms with Gasteiger partial charge in [-0.05, 0) is 25.1 Å². The van der Waals surface area contributed by atoms with E-state index in [2.05, 4.69) is 0 Å². The molecule has 0 spiro atoms. The average Bonchev–Trinajstić information content (AvgIpc) is 3.15. The number of non-ortho nitro benzene ring substituents is 1. The second-order valence-corrected chi connectivity index (χ2v) is 8.67. The van der Waals surface area contributed by atoms with Crippen molar-refractivity contribution in [1.29, 1.82) is 0 Å². The molecule has 32 heavy (non-hydrogen) atoms. The van der Waals surface area contributed by atoms with Crippen molar-refractivity contribution in [3.63, 3.8) is 0 Å². The molecule has 0 bridgehead atoms. The number of rotatable bonds is 7. The van der Waals surface area contributed by atoms with Gasteiger partial charge in [0, 0.05) is 19.0 Å². The minimum atomic E-state index is -4.17. The molecule has 1 heterocycles. The SMILES string of the molecule is COC(=O)[C@@H]1C[C@@H](OS(=O)(=O)c2ccc(C)cc2)CN1c1ccc([N+](=O)[O-])cc1[N+](=O)[O-]. The predicted octanol–water partition coefficient (Wildman–Crippen LogP) is 2.34. The third kappa shape index (κ3) is 4.68. The largest absolute Gasteiger partial charge is 0.467 e. The van der Waals surface area contributed by atoms with Crippen LogP contribution in [0.4, 0.5) is 17.1 Å². The topological polar surface area (TPSA) is 159 Å². The highest BCUT2D eigenvalue weighted by atomic mass is 32.2. The Morgan fingerprint density at radius 3 is 2.31 bits per heavy atom. The molecule has 0 aliphatic carbocycles. The van der Waals surface area contributed by atoms with Crippen LogP contribution in [0.3, 0.4) is 0 Å². The predicted molar refractivity (Wildman–Crippen MR) is 111 cm³/mol. The second-order valence-electron chi connectivity index (χ2n) is 7.10. The first-order chi connectivity index (χ1) is 15.0. The zero-order chi connectivity index (χ0) is 23.6. The van der Waals surface area contributed by atoms with Crippen LogP contribution in [-0.4, -0.2) is 50.0 Å². The number of methoxy groups -OCH3 is 1. The van der Waals surface area contributed by atoms with Crippen molar-refractivity contribution in [2.24, 2.45) is 0 Å². The zero-order valence-corrected chi connectivity index (χ0v) is 17.9. The second kappa shape index (κ2) is 8.88. The molecular weight excluding hydrogens is 446 g/mol. The van der Waals surface area contributed by atoms with Crippen LogP contribution in [0.15, 0.2) is 47.4 Å². The molecule has 0 unspecified atom stereocenters. The Hall–Kier alpha value is -3.58. The van der Waals surface area contributed by atoms with Crippen LogP contribution >= 0.6 is 0 Å². The summed E-state index contributed by atoms with van der Waals surface area (Å²) in [4.78, 5) is 34.5. The molecule has 2 aromatic carbocycles. The van der Waals surface area contributed by atoms with Crippen LogP contribution < -0.4 is 4.90 Å². The smallest absolute Gasteiger partial charge is 0.328 e. The maximum Gasteiger partial charge on any atom is 0.328 e. The first-order valence-corrected chi connectivity index (χ1v) is 10.7. The van der Waals surface area contributed by atoms with E-state index in [0.717, 1.165) is 30.9 Å². The van der Waals surface area contributed by atoms with Crippen molar-refractivity contribution in [2.45, 2.75) is 30.4 Å². The summed E-state index contributed by atoms with van der Waals surface area (Å²) in [5.41, 5.74) is -0.332. The summed E-state index contributed by atoms with van der Waals surface area (Å²) in [5, 5.41) is 22.5. The fraction of sp³-hybridized carbons (Fsp3) is 0.316. The Bertz CT molecular complexity index is 1170. The third-order valence-electron chi connectivity index (χ3n) is 4.98. The number of aryl methyl sites for hydroxylation is 1. The van der Waals surface area contributed by atoms with Gasteiger partial charge in [-0.3, -0.25) is 24.4 Å². The first kappa shape index (κ1) is 23.1. The van der Waals surface area contributed by atoms with Gasteiger partial charge in [-0.15, -0.1) is 0 Å². The van der Waals surface area contributed by atoms with Crippen molar-refractivity contribution in [3.05, 3.63) is 68.3 Å². The van der Waals surface area contributed by atoms with E-state index in [1.807, 2.05) is 0 Å². The maximum absolute atomic E-state index is 12.6. The number of carbonyl (C=O) groups is 1. The number of esters is 1. The van der Waals surface area contributed by atoms with E-state index in [1.165, 1.54) is 17.0 Å². The quantitative estimate of drug-likeness (QED) is 0.257. The lowest BCUT2D eigenvalue weighted by Crippen LogP contribution is -2.37. The minimum Gasteiger partial charge on any atom is -0.467 e. The molecule has 0 saturated carbocycles. The zero-order valence-electron chi connectivity index (χ0n) is 17.0. The van der Waals surface area contributed by atoms with E-state index in [-0.39, 0.29) is 23.5 Å². The molecular formula is C19H19N3O9S. The number of anilines is 1. The number of benzene rings is 2. The fourth-order valence-electron chi connectivity index (χ4n) is 3.45. The number of hydrogen-bond donors (Lipinski definition) is 0. The van der Waals surface area contributed by atoms with Crippen LogP contribution in [0.25, 0.3) is 0 Å².